The van der Waals surface area contributed by atoms with Crippen molar-refractivity contribution in [2.45, 2.75) is 127 Å². The van der Waals surface area contributed by atoms with E-state index in [0.717, 1.165) is 25.0 Å². The molecule has 258 valence electrons. The molecule has 0 aromatic heterocycles. The average Bonchev–Trinajstić information content (AvgIpc) is 3.76. The smallest absolute Gasteiger partial charge is 0.200 e. The Morgan fingerprint density at radius 3 is 2.09 bits per heavy atom. The van der Waals surface area contributed by atoms with Crippen LogP contribution in [0.3, 0.4) is 0 Å². The Kier molecular flexibility index (Phi) is 10.2. The first-order chi connectivity index (χ1) is 22.3. The molecule has 1 saturated heterocycles. The first-order valence-electron chi connectivity index (χ1n) is 17.9. The molecule has 3 fully saturated rings. The SMILES string of the molecule is CC1=CC2C3C(C4C=CC=CC4C3[Si](C)(CCCCCCOC(C)(C)C)C3CCCC3)N(Cc3c(F)c(F)c(F)c(F)c3F)C2C=C1. The van der Waals surface area contributed by atoms with Gasteiger partial charge in [0.25, 0.3) is 0 Å². The molecule has 1 aromatic rings. The molecule has 8 heteroatoms. The fraction of sp³-hybridized carbons (Fsp3) is 0.641. The van der Waals surface area contributed by atoms with Gasteiger partial charge in [-0.25, -0.2) is 22.0 Å². The van der Waals surface area contributed by atoms with E-state index in [4.69, 9.17) is 4.74 Å². The van der Waals surface area contributed by atoms with Crippen molar-refractivity contribution in [2.24, 2.45) is 23.7 Å². The van der Waals surface area contributed by atoms with E-state index in [2.05, 4.69) is 75.6 Å². The fourth-order valence-electron chi connectivity index (χ4n) is 10.3. The molecule has 1 aliphatic heterocycles. The molecule has 0 radical (unpaired) electrons. The highest BCUT2D eigenvalue weighted by Crippen LogP contribution is 2.66. The predicted octanol–water partition coefficient (Wildman–Crippen LogP) is 10.8. The zero-order valence-corrected chi connectivity index (χ0v) is 29.7. The molecule has 0 bridgehead atoms. The fourth-order valence-corrected chi connectivity index (χ4v) is 16.8. The summed E-state index contributed by atoms with van der Waals surface area (Å²) in [5, 5.41) is 0. The number of rotatable bonds is 11. The Balaban J connectivity index is 1.34. The monoisotopic (exact) mass is 673 g/mol. The number of halogens is 5. The van der Waals surface area contributed by atoms with Crippen LogP contribution in [-0.2, 0) is 11.3 Å². The standard InChI is InChI=1S/C39H52F5NOSi/c1-24-18-19-30-28(22-24)31-37(45(30)23-29-32(40)34(42)36(44)35(43)33(29)41)26-16-10-11-17-27(26)38(31)47(5,25-14-8-9-15-25)21-13-7-6-12-20-46-39(2,3)4/h10-11,16-19,22,25-28,30-31,37-38H,6-9,12-15,20-21,23H2,1-5H3. The normalized spacial score (nSPS) is 31.6. The Morgan fingerprint density at radius 1 is 0.809 bits per heavy atom. The topological polar surface area (TPSA) is 12.5 Å². The van der Waals surface area contributed by atoms with Crippen molar-refractivity contribution in [3.63, 3.8) is 0 Å². The first-order valence-corrected chi connectivity index (χ1v) is 20.8. The minimum Gasteiger partial charge on any atom is -0.376 e. The molecule has 5 aliphatic rings. The van der Waals surface area contributed by atoms with Crippen molar-refractivity contribution in [2.75, 3.05) is 6.61 Å². The van der Waals surface area contributed by atoms with E-state index in [9.17, 15) is 13.2 Å². The summed E-state index contributed by atoms with van der Waals surface area (Å²) in [5.74, 6) is -8.43. The number of hydrogen-bond acceptors (Lipinski definition) is 2. The molecule has 0 N–H and O–H groups in total. The Morgan fingerprint density at radius 2 is 1.43 bits per heavy atom. The molecule has 6 rings (SSSR count). The van der Waals surface area contributed by atoms with Crippen LogP contribution in [0.25, 0.3) is 0 Å². The number of allylic oxidation sites excluding steroid dienone is 5. The number of hydrogen-bond donors (Lipinski definition) is 0. The van der Waals surface area contributed by atoms with E-state index in [0.29, 0.717) is 11.5 Å². The largest absolute Gasteiger partial charge is 0.376 e. The molecule has 2 nitrogen and oxygen atoms in total. The molecule has 1 heterocycles. The van der Waals surface area contributed by atoms with Crippen LogP contribution in [0.5, 0.6) is 0 Å². The van der Waals surface area contributed by atoms with Crippen LogP contribution in [0.2, 0.25) is 23.7 Å². The lowest BCUT2D eigenvalue weighted by molar-refractivity contribution is -0.00471. The number of benzene rings is 1. The van der Waals surface area contributed by atoms with E-state index in [1.54, 1.807) is 0 Å². The second-order valence-electron chi connectivity index (χ2n) is 16.2. The second kappa shape index (κ2) is 13.7. The van der Waals surface area contributed by atoms with Crippen LogP contribution in [-0.4, -0.2) is 37.3 Å². The van der Waals surface area contributed by atoms with E-state index in [1.807, 2.05) is 6.08 Å². The van der Waals surface area contributed by atoms with Gasteiger partial charge in [0.2, 0.25) is 5.82 Å². The maximum atomic E-state index is 15.2. The van der Waals surface area contributed by atoms with Crippen LogP contribution in [0.15, 0.2) is 48.1 Å². The van der Waals surface area contributed by atoms with Crippen molar-refractivity contribution in [3.8, 4) is 0 Å². The van der Waals surface area contributed by atoms with Gasteiger partial charge in [0.1, 0.15) is 0 Å². The third kappa shape index (κ3) is 6.52. The van der Waals surface area contributed by atoms with E-state index in [1.165, 1.54) is 50.1 Å². The molecule has 8 unspecified atom stereocenters. The van der Waals surface area contributed by atoms with Crippen LogP contribution >= 0.6 is 0 Å². The lowest BCUT2D eigenvalue weighted by atomic mass is 9.82. The number of unbranched alkanes of at least 4 members (excludes halogenated alkanes) is 3. The van der Waals surface area contributed by atoms with Gasteiger partial charge in [-0.3, -0.25) is 4.90 Å². The molecule has 0 amide bonds. The summed E-state index contributed by atoms with van der Waals surface area (Å²) in [4.78, 5) is 2.10. The van der Waals surface area contributed by atoms with E-state index in [-0.39, 0.29) is 42.0 Å². The summed E-state index contributed by atoms with van der Waals surface area (Å²) in [6.45, 7) is 11.5. The average molecular weight is 674 g/mol. The summed E-state index contributed by atoms with van der Waals surface area (Å²) in [6, 6.07) is 1.06. The highest BCUT2D eigenvalue weighted by atomic mass is 28.3. The first kappa shape index (κ1) is 34.8. The third-order valence-electron chi connectivity index (χ3n) is 12.3. The van der Waals surface area contributed by atoms with Crippen LogP contribution in [0.4, 0.5) is 22.0 Å². The van der Waals surface area contributed by atoms with Gasteiger partial charge in [-0.2, -0.15) is 0 Å². The number of fused-ring (bicyclic) bond motifs is 5. The van der Waals surface area contributed by atoms with Crippen molar-refractivity contribution < 1.29 is 26.7 Å². The van der Waals surface area contributed by atoms with Crippen LogP contribution < -0.4 is 0 Å². The van der Waals surface area contributed by atoms with Gasteiger partial charge in [-0.05, 0) is 63.0 Å². The maximum Gasteiger partial charge on any atom is 0.200 e. The predicted molar refractivity (Wildman–Crippen MR) is 181 cm³/mol. The molecule has 2 saturated carbocycles. The minimum absolute atomic E-state index is 0.0502. The molecule has 47 heavy (non-hydrogen) atoms. The maximum absolute atomic E-state index is 15.2. The summed E-state index contributed by atoms with van der Waals surface area (Å²) in [5.41, 5.74) is 1.54. The number of likely N-dealkylation sites (tertiary alicyclic amines) is 1. The van der Waals surface area contributed by atoms with Gasteiger partial charge in [0.15, 0.2) is 23.3 Å². The zero-order valence-electron chi connectivity index (χ0n) is 28.7. The van der Waals surface area contributed by atoms with Gasteiger partial charge >= 0.3 is 0 Å². The van der Waals surface area contributed by atoms with Crippen molar-refractivity contribution in [3.05, 3.63) is 82.8 Å². The van der Waals surface area contributed by atoms with Gasteiger partial charge in [-0.15, -0.1) is 0 Å². The lowest BCUT2D eigenvalue weighted by Gasteiger charge is -2.46. The molecule has 0 spiro atoms. The Hall–Kier alpha value is -2.03. The molecule has 8 atom stereocenters. The number of ether oxygens (including phenoxy) is 1. The molecule has 4 aliphatic carbocycles. The quantitative estimate of drug-likeness (QED) is 0.0762. The summed E-state index contributed by atoms with van der Waals surface area (Å²) >= 11 is 0. The molecular formula is C39H52F5NOSi. The van der Waals surface area contributed by atoms with Crippen LogP contribution in [0, 0.1) is 52.8 Å². The van der Waals surface area contributed by atoms with Crippen molar-refractivity contribution in [1.82, 2.24) is 4.90 Å². The summed E-state index contributed by atoms with van der Waals surface area (Å²) in [7, 11) is -1.96. The Bertz CT molecular complexity index is 1410. The minimum atomic E-state index is -2.10. The van der Waals surface area contributed by atoms with Gasteiger partial charge in [0, 0.05) is 36.7 Å². The van der Waals surface area contributed by atoms with Gasteiger partial charge in [-0.1, -0.05) is 106 Å². The molecule has 1 aromatic carbocycles. The van der Waals surface area contributed by atoms with Crippen molar-refractivity contribution >= 4 is 8.07 Å². The van der Waals surface area contributed by atoms with Gasteiger partial charge in [0.05, 0.1) is 13.7 Å². The van der Waals surface area contributed by atoms with Crippen LogP contribution in [0.1, 0.15) is 84.6 Å². The summed E-state index contributed by atoms with van der Waals surface area (Å²) in [6.07, 6.45) is 25.2. The highest BCUT2D eigenvalue weighted by Gasteiger charge is 2.65. The van der Waals surface area contributed by atoms with E-state index < -0.39 is 42.7 Å². The Labute approximate surface area is 279 Å². The van der Waals surface area contributed by atoms with Gasteiger partial charge < -0.3 is 4.74 Å². The zero-order chi connectivity index (χ0) is 33.7. The number of nitrogens with zero attached hydrogens (tertiary/aromatic N) is 1. The van der Waals surface area contributed by atoms with Crippen molar-refractivity contribution in [1.29, 1.82) is 0 Å². The highest BCUT2D eigenvalue weighted by molar-refractivity contribution is 6.81. The third-order valence-corrected chi connectivity index (χ3v) is 18.5. The molecular weight excluding hydrogens is 622 g/mol. The van der Waals surface area contributed by atoms with E-state index >= 15 is 8.78 Å². The lowest BCUT2D eigenvalue weighted by Crippen LogP contribution is -2.46. The summed E-state index contributed by atoms with van der Waals surface area (Å²) < 4.78 is 79.3. The second-order valence-corrected chi connectivity index (χ2v) is 21.2.